The van der Waals surface area contributed by atoms with Gasteiger partial charge in [-0.3, -0.25) is 4.79 Å². The molecule has 0 bridgehead atoms. The highest BCUT2D eigenvalue weighted by atomic mass is 16.5. The summed E-state index contributed by atoms with van der Waals surface area (Å²) in [5.41, 5.74) is 2.88. The first-order valence-electron chi connectivity index (χ1n) is 9.97. The number of anilines is 1. The molecule has 1 spiro atoms. The van der Waals surface area contributed by atoms with E-state index in [4.69, 9.17) is 9.15 Å². The van der Waals surface area contributed by atoms with E-state index in [-0.39, 0.29) is 5.43 Å². The van der Waals surface area contributed by atoms with Crippen LogP contribution in [-0.4, -0.2) is 31.8 Å². The fourth-order valence-electron chi connectivity index (χ4n) is 4.03. The number of hydrogen-bond acceptors (Lipinski definition) is 5. The average molecular weight is 376 g/mol. The molecule has 2 aromatic carbocycles. The van der Waals surface area contributed by atoms with Gasteiger partial charge in [-0.15, -0.1) is 0 Å². The van der Waals surface area contributed by atoms with Gasteiger partial charge in [0.15, 0.2) is 5.43 Å². The monoisotopic (exact) mass is 376 g/mol. The van der Waals surface area contributed by atoms with E-state index in [0.717, 1.165) is 36.6 Å². The number of fused-ring (bicyclic) bond motifs is 1. The Morgan fingerprint density at radius 2 is 1.96 bits per heavy atom. The van der Waals surface area contributed by atoms with Crippen LogP contribution in [0.4, 0.5) is 5.69 Å². The molecule has 5 rings (SSSR count). The summed E-state index contributed by atoms with van der Waals surface area (Å²) in [5.74, 6) is 1.39. The summed E-state index contributed by atoms with van der Waals surface area (Å²) in [6.45, 7) is 5.54. The smallest absolute Gasteiger partial charge is 0.193 e. The molecule has 0 atom stereocenters. The van der Waals surface area contributed by atoms with Gasteiger partial charge in [-0.2, -0.15) is 0 Å². The second-order valence-electron chi connectivity index (χ2n) is 7.74. The Kier molecular flexibility index (Phi) is 4.13. The van der Waals surface area contributed by atoms with Crippen molar-refractivity contribution in [2.45, 2.75) is 25.3 Å². The van der Waals surface area contributed by atoms with Crippen LogP contribution in [-0.2, 0) is 0 Å². The number of nitrogens with zero attached hydrogens (tertiary/aromatic N) is 1. The van der Waals surface area contributed by atoms with Crippen molar-refractivity contribution < 1.29 is 9.15 Å². The average Bonchev–Trinajstić information content (AvgIpc) is 3.47. The number of rotatable bonds is 4. The Hall–Kier alpha value is -2.79. The summed E-state index contributed by atoms with van der Waals surface area (Å²) in [5, 5.41) is 4.26. The molecule has 1 saturated heterocycles. The van der Waals surface area contributed by atoms with Gasteiger partial charge in [0.25, 0.3) is 0 Å². The fraction of sp³-hybridized carbons (Fsp3) is 0.348. The van der Waals surface area contributed by atoms with Crippen LogP contribution in [0.3, 0.4) is 0 Å². The summed E-state index contributed by atoms with van der Waals surface area (Å²) in [4.78, 5) is 15.2. The minimum Gasteiger partial charge on any atom is -0.494 e. The van der Waals surface area contributed by atoms with Crippen LogP contribution in [0, 0.1) is 0 Å². The third-order valence-corrected chi connectivity index (χ3v) is 5.75. The molecule has 1 aromatic heterocycles. The zero-order valence-electron chi connectivity index (χ0n) is 16.0. The van der Waals surface area contributed by atoms with E-state index in [2.05, 4.69) is 16.3 Å². The van der Waals surface area contributed by atoms with Gasteiger partial charge in [-0.25, -0.2) is 0 Å². The van der Waals surface area contributed by atoms with Gasteiger partial charge in [0.2, 0.25) is 0 Å². The molecule has 1 saturated carbocycles. The highest BCUT2D eigenvalue weighted by molar-refractivity contribution is 5.82. The molecule has 2 aliphatic rings. The first-order valence-corrected chi connectivity index (χ1v) is 9.97. The van der Waals surface area contributed by atoms with Gasteiger partial charge < -0.3 is 19.4 Å². The van der Waals surface area contributed by atoms with Crippen molar-refractivity contribution in [3.63, 3.8) is 0 Å². The van der Waals surface area contributed by atoms with Gasteiger partial charge in [-0.05, 0) is 62.2 Å². The minimum atomic E-state index is -0.0109. The van der Waals surface area contributed by atoms with Crippen molar-refractivity contribution in [1.29, 1.82) is 0 Å². The Labute approximate surface area is 163 Å². The van der Waals surface area contributed by atoms with Crippen molar-refractivity contribution in [1.82, 2.24) is 5.32 Å². The van der Waals surface area contributed by atoms with Crippen LogP contribution >= 0.6 is 0 Å². The first kappa shape index (κ1) is 17.3. The SMILES string of the molecule is CCOc1ccc(-c2cc(=O)c3cc(N4CCNC5(CC5)C4)ccc3o2)cc1. The Morgan fingerprint density at radius 3 is 2.71 bits per heavy atom. The van der Waals surface area contributed by atoms with Crippen LogP contribution in [0.5, 0.6) is 5.75 Å². The molecule has 144 valence electrons. The number of benzene rings is 2. The van der Waals surface area contributed by atoms with Crippen molar-refractivity contribution >= 4 is 16.7 Å². The topological polar surface area (TPSA) is 54.7 Å². The minimum absolute atomic E-state index is 0.0109. The molecule has 1 aliphatic carbocycles. The lowest BCUT2D eigenvalue weighted by atomic mass is 10.1. The predicted octanol–water partition coefficient (Wildman–Crippen LogP) is 3.80. The lowest BCUT2D eigenvalue weighted by molar-refractivity contribution is 0.340. The molecule has 3 aromatic rings. The predicted molar refractivity (Wildman–Crippen MR) is 111 cm³/mol. The number of piperazine rings is 1. The van der Waals surface area contributed by atoms with Gasteiger partial charge >= 0.3 is 0 Å². The molecule has 1 N–H and O–H groups in total. The maximum atomic E-state index is 12.8. The van der Waals surface area contributed by atoms with E-state index in [1.807, 2.05) is 43.3 Å². The lowest BCUT2D eigenvalue weighted by Gasteiger charge is -2.35. The number of hydrogen-bond donors (Lipinski definition) is 1. The molecule has 0 unspecified atom stereocenters. The molecule has 2 fully saturated rings. The quantitative estimate of drug-likeness (QED) is 0.751. The Balaban J connectivity index is 1.47. The van der Waals surface area contributed by atoms with Crippen molar-refractivity contribution in [2.75, 3.05) is 31.1 Å². The third-order valence-electron chi connectivity index (χ3n) is 5.75. The van der Waals surface area contributed by atoms with E-state index < -0.39 is 0 Å². The van der Waals surface area contributed by atoms with Gasteiger partial charge in [-0.1, -0.05) is 0 Å². The van der Waals surface area contributed by atoms with Crippen LogP contribution in [0.15, 0.2) is 57.7 Å². The normalized spacial score (nSPS) is 17.8. The number of ether oxygens (including phenoxy) is 1. The van der Waals surface area contributed by atoms with Gasteiger partial charge in [0.05, 0.1) is 12.0 Å². The lowest BCUT2D eigenvalue weighted by Crippen LogP contribution is -2.52. The Morgan fingerprint density at radius 1 is 1.14 bits per heavy atom. The van der Waals surface area contributed by atoms with Crippen molar-refractivity contribution in [3.8, 4) is 17.1 Å². The van der Waals surface area contributed by atoms with Crippen molar-refractivity contribution in [3.05, 3.63) is 58.8 Å². The second kappa shape index (κ2) is 6.67. The van der Waals surface area contributed by atoms with Crippen LogP contribution in [0.1, 0.15) is 19.8 Å². The van der Waals surface area contributed by atoms with Crippen LogP contribution in [0.25, 0.3) is 22.3 Å². The largest absolute Gasteiger partial charge is 0.494 e. The van der Waals surface area contributed by atoms with Crippen LogP contribution in [0.2, 0.25) is 0 Å². The maximum absolute atomic E-state index is 12.8. The van der Waals surface area contributed by atoms with E-state index >= 15 is 0 Å². The highest BCUT2D eigenvalue weighted by Crippen LogP contribution is 2.39. The van der Waals surface area contributed by atoms with Crippen molar-refractivity contribution in [2.24, 2.45) is 0 Å². The van der Waals surface area contributed by atoms with E-state index in [1.54, 1.807) is 6.07 Å². The molecule has 5 heteroatoms. The maximum Gasteiger partial charge on any atom is 0.193 e. The highest BCUT2D eigenvalue weighted by Gasteiger charge is 2.45. The van der Waals surface area contributed by atoms with E-state index in [9.17, 15) is 4.79 Å². The van der Waals surface area contributed by atoms with Crippen LogP contribution < -0.4 is 20.4 Å². The Bertz CT molecular complexity index is 1070. The molecule has 0 radical (unpaired) electrons. The molecule has 28 heavy (non-hydrogen) atoms. The van der Waals surface area contributed by atoms with E-state index in [1.165, 1.54) is 12.8 Å². The zero-order chi connectivity index (χ0) is 19.1. The first-order chi connectivity index (χ1) is 13.7. The van der Waals surface area contributed by atoms with E-state index in [0.29, 0.717) is 28.9 Å². The fourth-order valence-corrected chi connectivity index (χ4v) is 4.03. The standard InChI is InChI=1S/C23H24N2O3/c1-2-27-18-6-3-16(4-7-18)22-14-20(26)19-13-17(5-8-21(19)28-22)25-12-11-24-23(15-25)9-10-23/h3-8,13-14,24H,2,9-12,15H2,1H3. The molecule has 0 amide bonds. The summed E-state index contributed by atoms with van der Waals surface area (Å²) in [6.07, 6.45) is 2.48. The second-order valence-corrected chi connectivity index (χ2v) is 7.74. The zero-order valence-corrected chi connectivity index (χ0v) is 16.0. The molecule has 5 nitrogen and oxygen atoms in total. The summed E-state index contributed by atoms with van der Waals surface area (Å²) in [7, 11) is 0. The van der Waals surface area contributed by atoms with Gasteiger partial charge in [0.1, 0.15) is 17.1 Å². The molecular weight excluding hydrogens is 352 g/mol. The van der Waals surface area contributed by atoms with Gasteiger partial charge in [0, 0.05) is 42.5 Å². The third kappa shape index (κ3) is 3.16. The summed E-state index contributed by atoms with van der Waals surface area (Å²) >= 11 is 0. The number of nitrogens with one attached hydrogen (secondary N) is 1. The molecular formula is C23H24N2O3. The summed E-state index contributed by atoms with van der Waals surface area (Å²) in [6, 6.07) is 15.2. The molecule has 2 heterocycles. The molecule has 1 aliphatic heterocycles. The summed E-state index contributed by atoms with van der Waals surface area (Å²) < 4.78 is 11.5.